The van der Waals surface area contributed by atoms with Crippen molar-refractivity contribution in [2.24, 2.45) is 0 Å². The Morgan fingerprint density at radius 1 is 1.00 bits per heavy atom. The van der Waals surface area contributed by atoms with E-state index in [2.05, 4.69) is 0 Å². The average Bonchev–Trinajstić information content (AvgIpc) is 2.99. The SMILES string of the molecule is O=C/C(=C\[C@@H]1O[C@H](c2ccccc2)OC[C@H]1O)N1C(=O)c2ccccc2C1=O. The molecular formula is C21H17NO6. The first-order valence-corrected chi connectivity index (χ1v) is 8.75. The van der Waals surface area contributed by atoms with Crippen molar-refractivity contribution in [2.45, 2.75) is 18.5 Å². The first kappa shape index (κ1) is 18.2. The van der Waals surface area contributed by atoms with Crippen molar-refractivity contribution < 1.29 is 29.0 Å². The van der Waals surface area contributed by atoms with E-state index in [-0.39, 0.29) is 23.4 Å². The van der Waals surface area contributed by atoms with E-state index in [9.17, 15) is 19.5 Å². The Morgan fingerprint density at radius 2 is 1.61 bits per heavy atom. The average molecular weight is 379 g/mol. The highest BCUT2D eigenvalue weighted by Crippen LogP contribution is 2.30. The lowest BCUT2D eigenvalue weighted by Crippen LogP contribution is -2.40. The number of aliphatic hydroxyl groups excluding tert-OH is 1. The van der Waals surface area contributed by atoms with Crippen molar-refractivity contribution in [1.29, 1.82) is 0 Å². The van der Waals surface area contributed by atoms with E-state index < -0.39 is 30.3 Å². The van der Waals surface area contributed by atoms with E-state index in [1.807, 2.05) is 30.3 Å². The van der Waals surface area contributed by atoms with Crippen LogP contribution in [0.1, 0.15) is 32.6 Å². The third-order valence-corrected chi connectivity index (χ3v) is 4.66. The summed E-state index contributed by atoms with van der Waals surface area (Å²) < 4.78 is 11.3. The maximum atomic E-state index is 12.6. The van der Waals surface area contributed by atoms with Gasteiger partial charge in [0, 0.05) is 5.56 Å². The number of ether oxygens (including phenoxy) is 2. The van der Waals surface area contributed by atoms with Gasteiger partial charge in [-0.25, -0.2) is 4.90 Å². The Hall–Kier alpha value is -3.13. The second kappa shape index (κ2) is 7.47. The number of allylic oxidation sites excluding steroid dienone is 1. The first-order chi connectivity index (χ1) is 13.6. The molecule has 1 saturated heterocycles. The van der Waals surface area contributed by atoms with Crippen LogP contribution in [0.2, 0.25) is 0 Å². The number of aldehydes is 1. The molecule has 0 saturated carbocycles. The van der Waals surface area contributed by atoms with E-state index >= 15 is 0 Å². The smallest absolute Gasteiger partial charge is 0.266 e. The molecule has 0 aromatic heterocycles. The molecule has 2 aromatic carbocycles. The third-order valence-electron chi connectivity index (χ3n) is 4.66. The Balaban J connectivity index is 1.62. The van der Waals surface area contributed by atoms with Crippen LogP contribution in [0.5, 0.6) is 0 Å². The van der Waals surface area contributed by atoms with Crippen LogP contribution < -0.4 is 0 Å². The number of imide groups is 1. The number of benzene rings is 2. The van der Waals surface area contributed by atoms with Gasteiger partial charge in [0.05, 0.1) is 23.4 Å². The van der Waals surface area contributed by atoms with Crippen LogP contribution >= 0.6 is 0 Å². The number of nitrogens with zero attached hydrogens (tertiary/aromatic N) is 1. The largest absolute Gasteiger partial charge is 0.388 e. The van der Waals surface area contributed by atoms with Crippen molar-refractivity contribution in [1.82, 2.24) is 4.90 Å². The number of amides is 2. The summed E-state index contributed by atoms with van der Waals surface area (Å²) in [6, 6.07) is 15.5. The summed E-state index contributed by atoms with van der Waals surface area (Å²) in [6.45, 7) is -0.0189. The molecule has 0 unspecified atom stereocenters. The highest BCUT2D eigenvalue weighted by Gasteiger charge is 2.39. The molecule has 0 aliphatic carbocycles. The van der Waals surface area contributed by atoms with Gasteiger partial charge in [-0.15, -0.1) is 0 Å². The molecule has 4 rings (SSSR count). The van der Waals surface area contributed by atoms with Gasteiger partial charge in [-0.2, -0.15) is 0 Å². The lowest BCUT2D eigenvalue weighted by Gasteiger charge is -2.33. The van der Waals surface area contributed by atoms with Gasteiger partial charge < -0.3 is 14.6 Å². The van der Waals surface area contributed by atoms with Gasteiger partial charge in [0.15, 0.2) is 12.6 Å². The highest BCUT2D eigenvalue weighted by molar-refractivity contribution is 6.23. The molecule has 2 aromatic rings. The van der Waals surface area contributed by atoms with Gasteiger partial charge in [-0.1, -0.05) is 42.5 Å². The lowest BCUT2D eigenvalue weighted by atomic mass is 10.1. The number of carbonyl (C=O) groups is 3. The van der Waals surface area contributed by atoms with Gasteiger partial charge >= 0.3 is 0 Å². The molecular weight excluding hydrogens is 362 g/mol. The normalized spacial score (nSPS) is 25.0. The van der Waals surface area contributed by atoms with Crippen molar-refractivity contribution in [3.05, 3.63) is 83.1 Å². The Kier molecular flexibility index (Phi) is 4.87. The lowest BCUT2D eigenvalue weighted by molar-refractivity contribution is -0.244. The molecule has 2 heterocycles. The zero-order valence-electron chi connectivity index (χ0n) is 14.7. The summed E-state index contributed by atoms with van der Waals surface area (Å²) in [5.74, 6) is -1.17. The molecule has 142 valence electrons. The molecule has 7 heteroatoms. The Morgan fingerprint density at radius 3 is 2.21 bits per heavy atom. The molecule has 0 spiro atoms. The number of hydrogen-bond acceptors (Lipinski definition) is 6. The summed E-state index contributed by atoms with van der Waals surface area (Å²) in [6.07, 6.45) is -1.02. The fourth-order valence-corrected chi connectivity index (χ4v) is 3.25. The molecule has 28 heavy (non-hydrogen) atoms. The standard InChI is InChI=1S/C21H17NO6/c23-11-14(22-19(25)15-8-4-5-9-16(15)20(22)26)10-18-17(24)12-27-21(28-18)13-6-2-1-3-7-13/h1-11,17-18,21,24H,12H2/b14-10+/t17-,18+,21-/m1/s1. The zero-order chi connectivity index (χ0) is 19.7. The molecule has 1 N–H and O–H groups in total. The third kappa shape index (κ3) is 3.16. The zero-order valence-corrected chi connectivity index (χ0v) is 14.7. The molecule has 2 aliphatic heterocycles. The molecule has 0 bridgehead atoms. The monoisotopic (exact) mass is 379 g/mol. The van der Waals surface area contributed by atoms with Crippen molar-refractivity contribution in [3.63, 3.8) is 0 Å². The summed E-state index contributed by atoms with van der Waals surface area (Å²) in [4.78, 5) is 37.7. The van der Waals surface area contributed by atoms with Gasteiger partial charge in [0.2, 0.25) is 0 Å². The summed E-state index contributed by atoms with van der Waals surface area (Å²) in [7, 11) is 0. The van der Waals surface area contributed by atoms with Crippen molar-refractivity contribution in [2.75, 3.05) is 6.61 Å². The predicted octanol–water partition coefficient (Wildman–Crippen LogP) is 1.84. The number of hydrogen-bond donors (Lipinski definition) is 1. The maximum absolute atomic E-state index is 12.6. The molecule has 0 radical (unpaired) electrons. The van der Waals surface area contributed by atoms with Crippen LogP contribution in [0.4, 0.5) is 0 Å². The van der Waals surface area contributed by atoms with Gasteiger partial charge in [-0.3, -0.25) is 14.4 Å². The number of fused-ring (bicyclic) bond motifs is 1. The minimum atomic E-state index is -1.05. The van der Waals surface area contributed by atoms with Crippen LogP contribution in [-0.2, 0) is 14.3 Å². The van der Waals surface area contributed by atoms with Gasteiger partial charge in [-0.05, 0) is 18.2 Å². The second-order valence-corrected chi connectivity index (χ2v) is 6.44. The number of carbonyl (C=O) groups excluding carboxylic acids is 3. The van der Waals surface area contributed by atoms with E-state index in [4.69, 9.17) is 9.47 Å². The van der Waals surface area contributed by atoms with E-state index in [0.717, 1.165) is 10.5 Å². The van der Waals surface area contributed by atoms with Crippen LogP contribution in [0.25, 0.3) is 0 Å². The van der Waals surface area contributed by atoms with Crippen molar-refractivity contribution in [3.8, 4) is 0 Å². The van der Waals surface area contributed by atoms with Crippen molar-refractivity contribution >= 4 is 18.1 Å². The summed E-state index contributed by atoms with van der Waals surface area (Å²) in [5.41, 5.74) is 1.04. The Bertz CT molecular complexity index is 919. The van der Waals surface area contributed by atoms with Crippen LogP contribution in [-0.4, -0.2) is 46.9 Å². The van der Waals surface area contributed by atoms with Gasteiger partial charge in [0.1, 0.15) is 12.2 Å². The fourth-order valence-electron chi connectivity index (χ4n) is 3.25. The van der Waals surface area contributed by atoms with Crippen LogP contribution in [0.15, 0.2) is 66.4 Å². The van der Waals surface area contributed by atoms with E-state index in [0.29, 0.717) is 6.29 Å². The molecule has 7 nitrogen and oxygen atoms in total. The maximum Gasteiger partial charge on any atom is 0.266 e. The molecule has 2 aliphatic rings. The summed E-state index contributed by atoms with van der Waals surface area (Å²) in [5, 5.41) is 10.2. The topological polar surface area (TPSA) is 93.1 Å². The molecule has 1 fully saturated rings. The van der Waals surface area contributed by atoms with Crippen LogP contribution in [0, 0.1) is 0 Å². The summed E-state index contributed by atoms with van der Waals surface area (Å²) >= 11 is 0. The second-order valence-electron chi connectivity index (χ2n) is 6.44. The minimum Gasteiger partial charge on any atom is -0.388 e. The fraction of sp³-hybridized carbons (Fsp3) is 0.190. The minimum absolute atomic E-state index is 0.0189. The van der Waals surface area contributed by atoms with E-state index in [1.165, 1.54) is 18.2 Å². The first-order valence-electron chi connectivity index (χ1n) is 8.75. The molecule has 3 atom stereocenters. The van der Waals surface area contributed by atoms with Crippen LogP contribution in [0.3, 0.4) is 0 Å². The van der Waals surface area contributed by atoms with E-state index in [1.54, 1.807) is 12.1 Å². The quantitative estimate of drug-likeness (QED) is 0.495. The van der Waals surface area contributed by atoms with Gasteiger partial charge in [0.25, 0.3) is 11.8 Å². The number of aliphatic hydroxyl groups is 1. The molecule has 2 amide bonds. The number of rotatable bonds is 4. The highest BCUT2D eigenvalue weighted by atomic mass is 16.7. The predicted molar refractivity (Wildman–Crippen MR) is 97.1 cm³/mol. The Labute approximate surface area is 160 Å².